The van der Waals surface area contributed by atoms with Crippen LogP contribution in [0.5, 0.6) is 5.75 Å². The largest absolute Gasteiger partial charge is 0.426 e. The maximum absolute atomic E-state index is 12.3. The highest BCUT2D eigenvalue weighted by Crippen LogP contribution is 2.20. The van der Waals surface area contributed by atoms with Crippen LogP contribution in [-0.4, -0.2) is 16.8 Å². The summed E-state index contributed by atoms with van der Waals surface area (Å²) in [6.07, 6.45) is 0. The number of hydrogen-bond donors (Lipinski definition) is 1. The zero-order valence-electron chi connectivity index (χ0n) is 12.3. The van der Waals surface area contributed by atoms with Gasteiger partial charge in [-0.2, -0.15) is 0 Å². The molecule has 0 radical (unpaired) electrons. The number of nitro groups is 1. The number of ether oxygens (including phenoxy) is 1. The van der Waals surface area contributed by atoms with Crippen molar-refractivity contribution in [3.63, 3.8) is 0 Å². The Labute approximate surface area is 132 Å². The highest BCUT2D eigenvalue weighted by molar-refractivity contribution is 6.06. The number of amides is 1. The Kier molecular flexibility index (Phi) is 5.03. The molecule has 0 saturated heterocycles. The van der Waals surface area contributed by atoms with Crippen molar-refractivity contribution >= 4 is 17.6 Å². The van der Waals surface area contributed by atoms with E-state index in [4.69, 9.17) is 4.74 Å². The molecule has 2 aromatic carbocycles. The topological polar surface area (TPSA) is 98.5 Å². The second-order valence-electron chi connectivity index (χ2n) is 4.73. The molecule has 0 aliphatic heterocycles. The van der Waals surface area contributed by atoms with E-state index in [0.29, 0.717) is 11.3 Å². The smallest absolute Gasteiger partial charge is 0.308 e. The fraction of sp³-hybridized carbons (Fsp3) is 0.125. The van der Waals surface area contributed by atoms with Crippen LogP contribution in [0.2, 0.25) is 0 Å². The highest BCUT2D eigenvalue weighted by atomic mass is 16.6. The van der Waals surface area contributed by atoms with Crippen LogP contribution in [0.25, 0.3) is 0 Å². The molecule has 2 aromatic rings. The Morgan fingerprint density at radius 1 is 1.13 bits per heavy atom. The first-order valence-corrected chi connectivity index (χ1v) is 6.75. The predicted molar refractivity (Wildman–Crippen MR) is 82.8 cm³/mol. The number of nitrogens with one attached hydrogen (secondary N) is 1. The van der Waals surface area contributed by atoms with Gasteiger partial charge in [0.05, 0.1) is 5.56 Å². The second-order valence-corrected chi connectivity index (χ2v) is 4.73. The van der Waals surface area contributed by atoms with Crippen molar-refractivity contribution in [1.82, 2.24) is 0 Å². The molecule has 0 fully saturated rings. The van der Waals surface area contributed by atoms with E-state index in [1.165, 1.54) is 19.1 Å². The van der Waals surface area contributed by atoms with Gasteiger partial charge in [0.1, 0.15) is 5.75 Å². The molecule has 23 heavy (non-hydrogen) atoms. The zero-order valence-corrected chi connectivity index (χ0v) is 12.3. The Morgan fingerprint density at radius 2 is 1.78 bits per heavy atom. The number of nitrogens with zero attached hydrogens (tertiary/aromatic N) is 1. The lowest BCUT2D eigenvalue weighted by atomic mass is 10.1. The SMILES string of the molecule is CC(=O)Oc1ccccc1C(=O)Nc1ccc(C[N+](=O)[O-])cc1. The van der Waals surface area contributed by atoms with E-state index in [1.54, 1.807) is 36.4 Å². The number of esters is 1. The van der Waals surface area contributed by atoms with E-state index in [9.17, 15) is 19.7 Å². The molecule has 0 spiro atoms. The first kappa shape index (κ1) is 16.2. The van der Waals surface area contributed by atoms with Crippen molar-refractivity contribution in [1.29, 1.82) is 0 Å². The maximum Gasteiger partial charge on any atom is 0.308 e. The van der Waals surface area contributed by atoms with Gasteiger partial charge in [-0.05, 0) is 24.3 Å². The molecular formula is C16H14N2O5. The van der Waals surface area contributed by atoms with Crippen molar-refractivity contribution in [2.45, 2.75) is 13.5 Å². The quantitative estimate of drug-likeness (QED) is 0.396. The summed E-state index contributed by atoms with van der Waals surface area (Å²) in [7, 11) is 0. The third-order valence-electron chi connectivity index (χ3n) is 2.91. The summed E-state index contributed by atoms with van der Waals surface area (Å²) in [4.78, 5) is 33.3. The number of hydrogen-bond acceptors (Lipinski definition) is 5. The van der Waals surface area contributed by atoms with Gasteiger partial charge in [0.2, 0.25) is 6.54 Å². The number of carbonyl (C=O) groups excluding carboxylic acids is 2. The third-order valence-corrected chi connectivity index (χ3v) is 2.91. The van der Waals surface area contributed by atoms with Gasteiger partial charge in [0, 0.05) is 23.1 Å². The van der Waals surface area contributed by atoms with E-state index in [-0.39, 0.29) is 17.9 Å². The Morgan fingerprint density at radius 3 is 2.39 bits per heavy atom. The summed E-state index contributed by atoms with van der Waals surface area (Å²) < 4.78 is 4.99. The highest BCUT2D eigenvalue weighted by Gasteiger charge is 2.13. The number of carbonyl (C=O) groups is 2. The molecule has 1 amide bonds. The van der Waals surface area contributed by atoms with Gasteiger partial charge in [-0.15, -0.1) is 0 Å². The van der Waals surface area contributed by atoms with Crippen molar-refractivity contribution in [3.05, 3.63) is 69.8 Å². The first-order valence-electron chi connectivity index (χ1n) is 6.75. The van der Waals surface area contributed by atoms with Crippen molar-refractivity contribution < 1.29 is 19.2 Å². The standard InChI is InChI=1S/C16H14N2O5/c1-11(19)23-15-5-3-2-4-14(15)16(20)17-13-8-6-12(7-9-13)10-18(21)22/h2-9H,10H2,1H3,(H,17,20). The summed E-state index contributed by atoms with van der Waals surface area (Å²) in [5, 5.41) is 13.1. The van der Waals surface area contributed by atoms with Gasteiger partial charge in [0.15, 0.2) is 0 Å². The van der Waals surface area contributed by atoms with E-state index >= 15 is 0 Å². The Bertz CT molecular complexity index is 740. The molecule has 0 bridgehead atoms. The minimum atomic E-state index is -0.519. The van der Waals surface area contributed by atoms with Gasteiger partial charge in [-0.1, -0.05) is 24.3 Å². The lowest BCUT2D eigenvalue weighted by Gasteiger charge is -2.09. The minimum absolute atomic E-state index is 0.169. The molecule has 0 aliphatic rings. The number of benzene rings is 2. The number of rotatable bonds is 5. The molecule has 0 saturated carbocycles. The Hall–Kier alpha value is -3.22. The molecule has 1 N–H and O–H groups in total. The summed E-state index contributed by atoms with van der Waals surface area (Å²) in [5.74, 6) is -0.791. The van der Waals surface area contributed by atoms with Crippen LogP contribution >= 0.6 is 0 Å². The molecule has 0 unspecified atom stereocenters. The van der Waals surface area contributed by atoms with Crippen LogP contribution in [0.1, 0.15) is 22.8 Å². The molecule has 0 heterocycles. The molecule has 7 heteroatoms. The molecule has 118 valence electrons. The van der Waals surface area contributed by atoms with Crippen LogP contribution in [-0.2, 0) is 11.3 Å². The van der Waals surface area contributed by atoms with E-state index in [2.05, 4.69) is 5.32 Å². The summed E-state index contributed by atoms with van der Waals surface area (Å²) >= 11 is 0. The van der Waals surface area contributed by atoms with Gasteiger partial charge < -0.3 is 10.1 Å². The Balaban J connectivity index is 2.13. The molecular weight excluding hydrogens is 300 g/mol. The van der Waals surface area contributed by atoms with Gasteiger partial charge >= 0.3 is 5.97 Å². The zero-order chi connectivity index (χ0) is 16.8. The van der Waals surface area contributed by atoms with Crippen molar-refractivity contribution in [2.24, 2.45) is 0 Å². The second kappa shape index (κ2) is 7.17. The summed E-state index contributed by atoms with van der Waals surface area (Å²) in [6, 6.07) is 12.7. The summed E-state index contributed by atoms with van der Waals surface area (Å²) in [5.41, 5.74) is 1.24. The van der Waals surface area contributed by atoms with Crippen LogP contribution in [0.3, 0.4) is 0 Å². The van der Waals surface area contributed by atoms with Gasteiger partial charge in [0.25, 0.3) is 5.91 Å². The van der Waals surface area contributed by atoms with E-state index < -0.39 is 16.8 Å². The summed E-state index contributed by atoms with van der Waals surface area (Å²) in [6.45, 7) is 0.978. The average Bonchev–Trinajstić information content (AvgIpc) is 2.48. The van der Waals surface area contributed by atoms with E-state index in [1.807, 2.05) is 0 Å². The fourth-order valence-electron chi connectivity index (χ4n) is 1.94. The lowest BCUT2D eigenvalue weighted by molar-refractivity contribution is -0.496. The molecule has 0 aliphatic carbocycles. The maximum atomic E-state index is 12.3. The van der Waals surface area contributed by atoms with Crippen LogP contribution in [0, 0.1) is 10.1 Å². The number of para-hydroxylation sites is 1. The van der Waals surface area contributed by atoms with E-state index in [0.717, 1.165) is 0 Å². The lowest BCUT2D eigenvalue weighted by Crippen LogP contribution is -2.14. The van der Waals surface area contributed by atoms with Crippen molar-refractivity contribution in [2.75, 3.05) is 5.32 Å². The molecule has 0 aromatic heterocycles. The first-order chi connectivity index (χ1) is 11.0. The molecule has 0 atom stereocenters. The van der Waals surface area contributed by atoms with Gasteiger partial charge in [-0.3, -0.25) is 19.7 Å². The van der Waals surface area contributed by atoms with Crippen LogP contribution in [0.15, 0.2) is 48.5 Å². The fourth-order valence-corrected chi connectivity index (χ4v) is 1.94. The predicted octanol–water partition coefficient (Wildman–Crippen LogP) is 2.64. The normalized spacial score (nSPS) is 9.96. The average molecular weight is 314 g/mol. The third kappa shape index (κ3) is 4.63. The minimum Gasteiger partial charge on any atom is -0.426 e. The molecule has 7 nitrogen and oxygen atoms in total. The van der Waals surface area contributed by atoms with Crippen molar-refractivity contribution in [3.8, 4) is 5.75 Å². The van der Waals surface area contributed by atoms with Gasteiger partial charge in [-0.25, -0.2) is 0 Å². The number of anilines is 1. The van der Waals surface area contributed by atoms with Crippen LogP contribution < -0.4 is 10.1 Å². The monoisotopic (exact) mass is 314 g/mol. The molecule has 2 rings (SSSR count). The van der Waals surface area contributed by atoms with Crippen LogP contribution in [0.4, 0.5) is 5.69 Å².